The monoisotopic (exact) mass is 283 g/mol. The molecule has 0 aliphatic heterocycles. The van der Waals surface area contributed by atoms with Crippen molar-refractivity contribution in [2.75, 3.05) is 6.54 Å². The van der Waals surface area contributed by atoms with Crippen molar-refractivity contribution in [2.24, 2.45) is 23.6 Å². The van der Waals surface area contributed by atoms with Crippen LogP contribution in [-0.2, 0) is 13.5 Å². The fourth-order valence-corrected chi connectivity index (χ4v) is 3.40. The Balaban J connectivity index is 2.20. The Morgan fingerprint density at radius 3 is 2.26 bits per heavy atom. The lowest BCUT2D eigenvalue weighted by atomic mass is 9.63. The maximum atomic E-state index is 6.37. The summed E-state index contributed by atoms with van der Waals surface area (Å²) >= 11 is 6.37. The molecule has 0 radical (unpaired) electrons. The molecular weight excluding hydrogens is 258 g/mol. The zero-order chi connectivity index (χ0) is 14.3. The fraction of sp³-hybridized carbons (Fsp3) is 0.800. The topological polar surface area (TPSA) is 43.8 Å². The van der Waals surface area contributed by atoms with E-state index in [2.05, 4.69) is 18.9 Å². The van der Waals surface area contributed by atoms with Crippen LogP contribution >= 0.6 is 11.6 Å². The van der Waals surface area contributed by atoms with Crippen LogP contribution in [0.2, 0.25) is 5.15 Å². The van der Waals surface area contributed by atoms with E-state index in [1.165, 1.54) is 31.2 Å². The van der Waals surface area contributed by atoms with Crippen LogP contribution in [0.1, 0.15) is 50.8 Å². The summed E-state index contributed by atoms with van der Waals surface area (Å²) in [4.78, 5) is 0. The number of aryl methyl sites for hydroxylation is 2. The van der Waals surface area contributed by atoms with Crippen molar-refractivity contribution in [3.8, 4) is 0 Å². The minimum Gasteiger partial charge on any atom is -0.330 e. The summed E-state index contributed by atoms with van der Waals surface area (Å²) in [6, 6.07) is 0. The maximum Gasteiger partial charge on any atom is 0.130 e. The molecule has 108 valence electrons. The molecule has 1 aliphatic carbocycles. The van der Waals surface area contributed by atoms with Gasteiger partial charge in [-0.15, -0.1) is 0 Å². The molecule has 4 heteroatoms. The molecule has 19 heavy (non-hydrogen) atoms. The predicted molar refractivity (Wildman–Crippen MR) is 80.4 cm³/mol. The van der Waals surface area contributed by atoms with Crippen molar-refractivity contribution in [1.29, 1.82) is 0 Å². The summed E-state index contributed by atoms with van der Waals surface area (Å²) in [5, 5.41) is 5.19. The van der Waals surface area contributed by atoms with E-state index in [0.29, 0.717) is 5.41 Å². The van der Waals surface area contributed by atoms with Gasteiger partial charge < -0.3 is 5.73 Å². The highest BCUT2D eigenvalue weighted by Crippen LogP contribution is 2.47. The molecule has 1 saturated carbocycles. The van der Waals surface area contributed by atoms with Gasteiger partial charge in [0.25, 0.3) is 0 Å². The van der Waals surface area contributed by atoms with Crippen molar-refractivity contribution in [1.82, 2.24) is 9.78 Å². The van der Waals surface area contributed by atoms with E-state index in [9.17, 15) is 0 Å². The Kier molecular flexibility index (Phi) is 3.99. The van der Waals surface area contributed by atoms with Gasteiger partial charge in [0.1, 0.15) is 5.15 Å². The standard InChI is InChI=1S/C15H26ClN3/c1-11-12(13(16)19(4)18-11)9-15(10-17)7-5-14(2,3)6-8-15/h5-10,17H2,1-4H3. The summed E-state index contributed by atoms with van der Waals surface area (Å²) < 4.78 is 1.77. The van der Waals surface area contributed by atoms with Gasteiger partial charge in [0.15, 0.2) is 0 Å². The average Bonchev–Trinajstić information content (AvgIpc) is 2.59. The number of nitrogens with two attached hydrogens (primary N) is 1. The van der Waals surface area contributed by atoms with Crippen molar-refractivity contribution in [3.05, 3.63) is 16.4 Å². The van der Waals surface area contributed by atoms with Gasteiger partial charge in [-0.3, -0.25) is 4.68 Å². The predicted octanol–water partition coefficient (Wildman–Crippen LogP) is 3.47. The van der Waals surface area contributed by atoms with Crippen LogP contribution in [0.25, 0.3) is 0 Å². The van der Waals surface area contributed by atoms with Gasteiger partial charge in [-0.05, 0) is 56.4 Å². The Hall–Kier alpha value is -0.540. The molecule has 0 aromatic carbocycles. The third kappa shape index (κ3) is 2.97. The van der Waals surface area contributed by atoms with E-state index in [4.69, 9.17) is 17.3 Å². The first kappa shape index (κ1) is 14.9. The minimum absolute atomic E-state index is 0.215. The first-order valence-corrected chi connectivity index (χ1v) is 7.54. The highest BCUT2D eigenvalue weighted by molar-refractivity contribution is 6.30. The zero-order valence-electron chi connectivity index (χ0n) is 12.6. The van der Waals surface area contributed by atoms with E-state index in [1.54, 1.807) is 4.68 Å². The third-order valence-electron chi connectivity index (χ3n) is 4.92. The zero-order valence-corrected chi connectivity index (χ0v) is 13.3. The van der Waals surface area contributed by atoms with Crippen LogP contribution in [0.5, 0.6) is 0 Å². The smallest absolute Gasteiger partial charge is 0.130 e. The number of hydrogen-bond donors (Lipinski definition) is 1. The lowest BCUT2D eigenvalue weighted by Gasteiger charge is -2.43. The minimum atomic E-state index is 0.215. The van der Waals surface area contributed by atoms with Crippen LogP contribution in [0, 0.1) is 17.8 Å². The van der Waals surface area contributed by atoms with E-state index < -0.39 is 0 Å². The number of aromatic nitrogens is 2. The van der Waals surface area contributed by atoms with Gasteiger partial charge in [-0.2, -0.15) is 5.10 Å². The normalized spacial score (nSPS) is 21.6. The molecular formula is C15H26ClN3. The largest absolute Gasteiger partial charge is 0.330 e. The van der Waals surface area contributed by atoms with Gasteiger partial charge in [0.05, 0.1) is 5.69 Å². The highest BCUT2D eigenvalue weighted by Gasteiger charge is 2.38. The quantitative estimate of drug-likeness (QED) is 0.923. The van der Waals surface area contributed by atoms with Crippen LogP contribution < -0.4 is 5.73 Å². The third-order valence-corrected chi connectivity index (χ3v) is 5.39. The highest BCUT2D eigenvalue weighted by atomic mass is 35.5. The van der Waals surface area contributed by atoms with Gasteiger partial charge in [0, 0.05) is 12.6 Å². The molecule has 0 unspecified atom stereocenters. The molecule has 0 bridgehead atoms. The molecule has 0 spiro atoms. The summed E-state index contributed by atoms with van der Waals surface area (Å²) in [6.45, 7) is 7.50. The van der Waals surface area contributed by atoms with E-state index in [1.807, 2.05) is 14.0 Å². The summed E-state index contributed by atoms with van der Waals surface area (Å²) in [7, 11) is 1.90. The van der Waals surface area contributed by atoms with Crippen molar-refractivity contribution < 1.29 is 0 Å². The summed E-state index contributed by atoms with van der Waals surface area (Å²) in [5.74, 6) is 0. The van der Waals surface area contributed by atoms with E-state index in [0.717, 1.165) is 23.8 Å². The Labute approximate surface area is 121 Å². The molecule has 0 saturated heterocycles. The lowest BCUT2D eigenvalue weighted by Crippen LogP contribution is -2.39. The number of hydrogen-bond acceptors (Lipinski definition) is 2. The molecule has 1 aromatic rings. The molecule has 1 aliphatic rings. The Morgan fingerprint density at radius 1 is 1.26 bits per heavy atom. The van der Waals surface area contributed by atoms with Crippen LogP contribution in [0.3, 0.4) is 0 Å². The summed E-state index contributed by atoms with van der Waals surface area (Å²) in [6.07, 6.45) is 5.86. The molecule has 0 amide bonds. The molecule has 2 rings (SSSR count). The number of halogens is 1. The van der Waals surface area contributed by atoms with Crippen LogP contribution in [0.15, 0.2) is 0 Å². The molecule has 2 N–H and O–H groups in total. The van der Waals surface area contributed by atoms with E-state index in [-0.39, 0.29) is 5.41 Å². The maximum absolute atomic E-state index is 6.37. The van der Waals surface area contributed by atoms with Crippen molar-refractivity contribution in [2.45, 2.75) is 52.9 Å². The second kappa shape index (κ2) is 5.10. The Morgan fingerprint density at radius 2 is 1.84 bits per heavy atom. The van der Waals surface area contributed by atoms with Crippen molar-refractivity contribution in [3.63, 3.8) is 0 Å². The molecule has 0 atom stereocenters. The number of rotatable bonds is 3. The van der Waals surface area contributed by atoms with Gasteiger partial charge in [0.2, 0.25) is 0 Å². The van der Waals surface area contributed by atoms with Gasteiger partial charge >= 0.3 is 0 Å². The summed E-state index contributed by atoms with van der Waals surface area (Å²) in [5.41, 5.74) is 9.03. The molecule has 1 aromatic heterocycles. The Bertz CT molecular complexity index is 452. The van der Waals surface area contributed by atoms with Crippen LogP contribution in [0.4, 0.5) is 0 Å². The van der Waals surface area contributed by atoms with Gasteiger partial charge in [-0.1, -0.05) is 25.4 Å². The fourth-order valence-electron chi connectivity index (χ4n) is 3.16. The van der Waals surface area contributed by atoms with Crippen molar-refractivity contribution >= 4 is 11.6 Å². The average molecular weight is 284 g/mol. The number of nitrogens with zero attached hydrogens (tertiary/aromatic N) is 2. The lowest BCUT2D eigenvalue weighted by molar-refractivity contribution is 0.108. The first-order chi connectivity index (χ1) is 8.79. The van der Waals surface area contributed by atoms with Crippen LogP contribution in [-0.4, -0.2) is 16.3 Å². The molecule has 3 nitrogen and oxygen atoms in total. The molecule has 1 heterocycles. The SMILES string of the molecule is Cc1nn(C)c(Cl)c1CC1(CN)CCC(C)(C)CC1. The second-order valence-corrected chi connectivity index (χ2v) is 7.38. The second-order valence-electron chi connectivity index (χ2n) is 7.02. The van der Waals surface area contributed by atoms with E-state index >= 15 is 0 Å². The first-order valence-electron chi connectivity index (χ1n) is 7.17. The molecule has 1 fully saturated rings. The van der Waals surface area contributed by atoms with Gasteiger partial charge in [-0.25, -0.2) is 0 Å².